The molecule has 2 aromatic rings. The predicted octanol–water partition coefficient (Wildman–Crippen LogP) is 2.41. The van der Waals surface area contributed by atoms with Crippen molar-refractivity contribution >= 4 is 27.8 Å². The van der Waals surface area contributed by atoms with Crippen molar-refractivity contribution in [2.45, 2.75) is 11.8 Å². The molecule has 0 saturated heterocycles. The van der Waals surface area contributed by atoms with Gasteiger partial charge in [0.2, 0.25) is 0 Å². The number of nitrogens with one attached hydrogen (secondary N) is 1. The van der Waals surface area contributed by atoms with Crippen LogP contribution in [0.2, 0.25) is 0 Å². The number of carbonyl (C=O) groups is 2. The molecule has 1 amide bonds. The standard InChI is InChI=1S/C10H10O.C7H5NO3S/c1-9(11)7-8-10-5-3-2-4-6-10;9-7-5-3-1-2-4-6(5)12(10,11)8-7/h2-8H,1H3;1-4H,(H,8,9). The van der Waals surface area contributed by atoms with Gasteiger partial charge in [-0.3, -0.25) is 9.59 Å². The fourth-order valence-corrected chi connectivity index (χ4v) is 3.07. The first-order chi connectivity index (χ1) is 10.9. The molecule has 0 saturated carbocycles. The summed E-state index contributed by atoms with van der Waals surface area (Å²) in [6.07, 6.45) is 3.37. The maximum Gasteiger partial charge on any atom is 0.266 e. The summed E-state index contributed by atoms with van der Waals surface area (Å²) in [5, 5.41) is 0. The lowest BCUT2D eigenvalue weighted by Crippen LogP contribution is -2.20. The van der Waals surface area contributed by atoms with Gasteiger partial charge in [0.1, 0.15) is 4.90 Å². The van der Waals surface area contributed by atoms with E-state index in [-0.39, 0.29) is 16.2 Å². The van der Waals surface area contributed by atoms with Gasteiger partial charge in [0.15, 0.2) is 5.78 Å². The fraction of sp³-hybridized carbons (Fsp3) is 0.0588. The summed E-state index contributed by atoms with van der Waals surface area (Å²) in [5.74, 6) is -0.473. The van der Waals surface area contributed by atoms with E-state index in [2.05, 4.69) is 0 Å². The Morgan fingerprint density at radius 2 is 1.61 bits per heavy atom. The molecule has 1 aliphatic heterocycles. The van der Waals surface area contributed by atoms with Gasteiger partial charge in [0.25, 0.3) is 15.9 Å². The van der Waals surface area contributed by atoms with Crippen molar-refractivity contribution < 1.29 is 18.0 Å². The topological polar surface area (TPSA) is 80.3 Å². The van der Waals surface area contributed by atoms with Gasteiger partial charge in [-0.15, -0.1) is 0 Å². The molecule has 0 unspecified atom stereocenters. The van der Waals surface area contributed by atoms with Gasteiger partial charge in [-0.25, -0.2) is 13.1 Å². The van der Waals surface area contributed by atoms with Crippen molar-refractivity contribution in [2.75, 3.05) is 0 Å². The van der Waals surface area contributed by atoms with Gasteiger partial charge in [-0.05, 0) is 30.7 Å². The second kappa shape index (κ2) is 7.02. The number of fused-ring (bicyclic) bond motifs is 1. The van der Waals surface area contributed by atoms with Crippen LogP contribution < -0.4 is 4.72 Å². The number of carbonyl (C=O) groups excluding carboxylic acids is 2. The molecule has 0 spiro atoms. The third kappa shape index (κ3) is 4.37. The third-order valence-electron chi connectivity index (χ3n) is 2.96. The summed E-state index contributed by atoms with van der Waals surface area (Å²) in [4.78, 5) is 21.6. The van der Waals surface area contributed by atoms with Crippen LogP contribution in [0.1, 0.15) is 22.8 Å². The minimum Gasteiger partial charge on any atom is -0.295 e. The summed E-state index contributed by atoms with van der Waals surface area (Å²) in [6.45, 7) is 1.54. The molecular formula is C17H15NO4S. The second-order valence-electron chi connectivity index (χ2n) is 4.79. The summed E-state index contributed by atoms with van der Waals surface area (Å²) in [6, 6.07) is 15.8. The molecule has 118 valence electrons. The van der Waals surface area contributed by atoms with Gasteiger partial charge in [0, 0.05) is 0 Å². The van der Waals surface area contributed by atoms with E-state index in [1.54, 1.807) is 25.1 Å². The molecule has 1 aliphatic rings. The monoisotopic (exact) mass is 329 g/mol. The van der Waals surface area contributed by atoms with Gasteiger partial charge in [-0.2, -0.15) is 0 Å². The fourth-order valence-electron chi connectivity index (χ4n) is 1.90. The SMILES string of the molecule is CC(=O)C=Cc1ccccc1.O=C1NS(=O)(=O)c2ccccc21. The minimum absolute atomic E-state index is 0.0648. The van der Waals surface area contributed by atoms with E-state index in [0.717, 1.165) is 5.56 Å². The Morgan fingerprint density at radius 3 is 2.22 bits per heavy atom. The number of ketones is 1. The Kier molecular flexibility index (Phi) is 5.08. The molecule has 1 N–H and O–H groups in total. The van der Waals surface area contributed by atoms with Crippen LogP contribution in [0.3, 0.4) is 0 Å². The Balaban J connectivity index is 0.000000168. The smallest absolute Gasteiger partial charge is 0.266 e. The zero-order valence-corrected chi connectivity index (χ0v) is 13.2. The molecule has 0 aromatic heterocycles. The largest absolute Gasteiger partial charge is 0.295 e. The van der Waals surface area contributed by atoms with Crippen LogP contribution >= 0.6 is 0 Å². The summed E-state index contributed by atoms with van der Waals surface area (Å²) in [5.41, 5.74) is 1.28. The highest BCUT2D eigenvalue weighted by Crippen LogP contribution is 2.20. The highest BCUT2D eigenvalue weighted by molar-refractivity contribution is 7.90. The van der Waals surface area contributed by atoms with Gasteiger partial charge >= 0.3 is 0 Å². The van der Waals surface area contributed by atoms with Crippen LogP contribution in [0.5, 0.6) is 0 Å². The van der Waals surface area contributed by atoms with Crippen LogP contribution in [0.15, 0.2) is 65.6 Å². The number of hydrogen-bond acceptors (Lipinski definition) is 4. The number of amides is 1. The van der Waals surface area contributed by atoms with Crippen molar-refractivity contribution in [2.24, 2.45) is 0 Å². The average Bonchev–Trinajstić information content (AvgIpc) is 2.77. The van der Waals surface area contributed by atoms with E-state index in [1.807, 2.05) is 41.1 Å². The molecule has 0 fully saturated rings. The van der Waals surface area contributed by atoms with Gasteiger partial charge in [-0.1, -0.05) is 48.5 Å². The van der Waals surface area contributed by atoms with E-state index in [1.165, 1.54) is 12.1 Å². The van der Waals surface area contributed by atoms with E-state index in [4.69, 9.17) is 0 Å². The number of rotatable bonds is 2. The lowest BCUT2D eigenvalue weighted by Gasteiger charge is -1.91. The first kappa shape index (κ1) is 16.6. The van der Waals surface area contributed by atoms with Crippen LogP contribution in [0, 0.1) is 0 Å². The minimum atomic E-state index is -3.55. The highest BCUT2D eigenvalue weighted by atomic mass is 32.2. The molecule has 23 heavy (non-hydrogen) atoms. The highest BCUT2D eigenvalue weighted by Gasteiger charge is 2.31. The van der Waals surface area contributed by atoms with Crippen molar-refractivity contribution in [1.29, 1.82) is 0 Å². The molecule has 0 bridgehead atoms. The van der Waals surface area contributed by atoms with E-state index < -0.39 is 15.9 Å². The second-order valence-corrected chi connectivity index (χ2v) is 6.44. The van der Waals surface area contributed by atoms with Crippen LogP contribution in [-0.2, 0) is 14.8 Å². The van der Waals surface area contributed by atoms with Crippen LogP contribution in [-0.4, -0.2) is 20.1 Å². The quantitative estimate of drug-likeness (QED) is 0.858. The molecule has 6 heteroatoms. The third-order valence-corrected chi connectivity index (χ3v) is 4.35. The molecule has 0 aliphatic carbocycles. The van der Waals surface area contributed by atoms with Crippen LogP contribution in [0.25, 0.3) is 6.08 Å². The normalized spacial score (nSPS) is 14.6. The Hall–Kier alpha value is -2.73. The number of hydrogen-bond donors (Lipinski definition) is 1. The number of benzene rings is 2. The molecular weight excluding hydrogens is 314 g/mol. The van der Waals surface area contributed by atoms with E-state index in [0.29, 0.717) is 0 Å². The Bertz CT molecular complexity index is 855. The van der Waals surface area contributed by atoms with E-state index in [9.17, 15) is 18.0 Å². The summed E-state index contributed by atoms with van der Waals surface area (Å²) in [7, 11) is -3.55. The number of allylic oxidation sites excluding steroid dienone is 1. The predicted molar refractivity (Wildman–Crippen MR) is 87.3 cm³/mol. The lowest BCUT2D eigenvalue weighted by molar-refractivity contribution is -0.112. The number of sulfonamides is 1. The first-order valence-corrected chi connectivity index (χ1v) is 8.28. The van der Waals surface area contributed by atoms with E-state index >= 15 is 0 Å². The molecule has 1 heterocycles. The molecule has 0 radical (unpaired) electrons. The maximum absolute atomic E-state index is 11.1. The summed E-state index contributed by atoms with van der Waals surface area (Å²) < 4.78 is 24.2. The Labute approximate surface area is 134 Å². The zero-order valence-electron chi connectivity index (χ0n) is 12.4. The van der Waals surface area contributed by atoms with Crippen molar-refractivity contribution in [1.82, 2.24) is 4.72 Å². The van der Waals surface area contributed by atoms with Gasteiger partial charge < -0.3 is 0 Å². The molecule has 2 aromatic carbocycles. The average molecular weight is 329 g/mol. The molecule has 5 nitrogen and oxygen atoms in total. The maximum atomic E-state index is 11.1. The zero-order chi connectivity index (χ0) is 16.9. The van der Waals surface area contributed by atoms with Crippen molar-refractivity contribution in [3.05, 3.63) is 71.8 Å². The molecule has 3 rings (SSSR count). The van der Waals surface area contributed by atoms with Gasteiger partial charge in [0.05, 0.1) is 5.56 Å². The Morgan fingerprint density at radius 1 is 1.00 bits per heavy atom. The summed E-state index contributed by atoms with van der Waals surface area (Å²) >= 11 is 0. The van der Waals surface area contributed by atoms with Crippen molar-refractivity contribution in [3.63, 3.8) is 0 Å². The van der Waals surface area contributed by atoms with Crippen molar-refractivity contribution in [3.8, 4) is 0 Å². The lowest BCUT2D eigenvalue weighted by atomic mass is 10.2. The van der Waals surface area contributed by atoms with Crippen LogP contribution in [0.4, 0.5) is 0 Å². The molecule has 0 atom stereocenters. The first-order valence-electron chi connectivity index (χ1n) is 6.80.